The Hall–Kier alpha value is -2.52. The lowest BCUT2D eigenvalue weighted by atomic mass is 10.0. The molecule has 4 rings (SSSR count). The Balaban J connectivity index is 1.69. The summed E-state index contributed by atoms with van der Waals surface area (Å²) in [7, 11) is -3.65. The summed E-state index contributed by atoms with van der Waals surface area (Å²) in [6, 6.07) is 16.6. The van der Waals surface area contributed by atoms with Gasteiger partial charge in [0.2, 0.25) is 0 Å². The third-order valence-corrected chi connectivity index (χ3v) is 8.21. The number of sulfonamides is 1. The molecule has 29 heavy (non-hydrogen) atoms. The third kappa shape index (κ3) is 4.11. The van der Waals surface area contributed by atoms with E-state index in [1.807, 2.05) is 42.5 Å². The van der Waals surface area contributed by atoms with Gasteiger partial charge in [-0.05, 0) is 40.6 Å². The topological polar surface area (TPSA) is 83.9 Å². The van der Waals surface area contributed by atoms with E-state index in [9.17, 15) is 18.3 Å². The van der Waals surface area contributed by atoms with E-state index in [1.165, 1.54) is 10.4 Å². The fourth-order valence-corrected chi connectivity index (χ4v) is 6.10. The van der Waals surface area contributed by atoms with Gasteiger partial charge in [-0.1, -0.05) is 36.4 Å². The Morgan fingerprint density at radius 2 is 1.76 bits per heavy atom. The molecule has 1 saturated heterocycles. The monoisotopic (exact) mass is 429 g/mol. The van der Waals surface area contributed by atoms with Crippen molar-refractivity contribution in [2.24, 2.45) is 0 Å². The number of hydrogen-bond donors (Lipinski definition) is 1. The number of thiophene rings is 1. The maximum absolute atomic E-state index is 12.8. The molecule has 0 radical (unpaired) electrons. The molecule has 0 atom stereocenters. The summed E-state index contributed by atoms with van der Waals surface area (Å²) in [4.78, 5) is 12.3. The lowest BCUT2D eigenvalue weighted by Crippen LogP contribution is -2.40. The number of ether oxygens (including phenoxy) is 1. The maximum Gasteiger partial charge on any atom is 0.337 e. The number of aliphatic carboxylic acids is 1. The van der Waals surface area contributed by atoms with Gasteiger partial charge in [0, 0.05) is 18.0 Å². The molecule has 1 fully saturated rings. The average molecular weight is 430 g/mol. The van der Waals surface area contributed by atoms with Gasteiger partial charge >= 0.3 is 5.97 Å². The minimum absolute atomic E-state index is 0.0636. The van der Waals surface area contributed by atoms with Crippen molar-refractivity contribution >= 4 is 49.8 Å². The normalized spacial score (nSPS) is 16.2. The maximum atomic E-state index is 12.8. The first-order valence-corrected chi connectivity index (χ1v) is 11.3. The van der Waals surface area contributed by atoms with E-state index in [1.54, 1.807) is 12.1 Å². The highest BCUT2D eigenvalue weighted by molar-refractivity contribution is 7.91. The van der Waals surface area contributed by atoms with Crippen LogP contribution in [0.15, 0.2) is 58.8 Å². The van der Waals surface area contributed by atoms with Crippen molar-refractivity contribution in [1.29, 1.82) is 0 Å². The number of carbonyl (C=O) groups is 1. The van der Waals surface area contributed by atoms with Gasteiger partial charge in [0.05, 0.1) is 18.8 Å². The molecule has 1 aliphatic heterocycles. The SMILES string of the molecule is O=C(O)/C(=C\c1ccc2ccccc2c1)c1ccc(S(=O)(=O)N2CCOCC2)s1. The summed E-state index contributed by atoms with van der Waals surface area (Å²) in [5, 5.41) is 11.8. The van der Waals surface area contributed by atoms with E-state index in [0.29, 0.717) is 31.2 Å². The molecule has 2 aromatic carbocycles. The van der Waals surface area contributed by atoms with Gasteiger partial charge in [-0.2, -0.15) is 4.31 Å². The lowest BCUT2D eigenvalue weighted by Gasteiger charge is -2.25. The summed E-state index contributed by atoms with van der Waals surface area (Å²) in [6.45, 7) is 1.32. The van der Waals surface area contributed by atoms with Gasteiger partial charge in [0.15, 0.2) is 0 Å². The van der Waals surface area contributed by atoms with E-state index in [2.05, 4.69) is 0 Å². The Labute approximate surface area is 172 Å². The van der Waals surface area contributed by atoms with E-state index in [0.717, 1.165) is 27.7 Å². The zero-order valence-corrected chi connectivity index (χ0v) is 17.1. The van der Waals surface area contributed by atoms with Gasteiger partial charge in [0.1, 0.15) is 4.21 Å². The molecule has 0 unspecified atom stereocenters. The second kappa shape index (κ2) is 8.08. The van der Waals surface area contributed by atoms with Gasteiger partial charge in [0.25, 0.3) is 10.0 Å². The smallest absolute Gasteiger partial charge is 0.337 e. The molecule has 0 amide bonds. The largest absolute Gasteiger partial charge is 0.478 e. The molecule has 0 spiro atoms. The zero-order chi connectivity index (χ0) is 20.4. The van der Waals surface area contributed by atoms with Crippen molar-refractivity contribution < 1.29 is 23.1 Å². The summed E-state index contributed by atoms with van der Waals surface area (Å²) < 4.78 is 32.3. The number of benzene rings is 2. The number of morpholine rings is 1. The molecule has 1 aliphatic rings. The average Bonchev–Trinajstić information content (AvgIpc) is 3.23. The number of hydrogen-bond acceptors (Lipinski definition) is 5. The predicted molar refractivity (Wildman–Crippen MR) is 113 cm³/mol. The molecular weight excluding hydrogens is 410 g/mol. The number of fused-ring (bicyclic) bond motifs is 1. The van der Waals surface area contributed by atoms with Crippen LogP contribution in [0.1, 0.15) is 10.4 Å². The van der Waals surface area contributed by atoms with Gasteiger partial charge in [-0.3, -0.25) is 0 Å². The van der Waals surface area contributed by atoms with Crippen molar-refractivity contribution in [3.8, 4) is 0 Å². The van der Waals surface area contributed by atoms with E-state index in [-0.39, 0.29) is 9.78 Å². The Kier molecular flexibility index (Phi) is 5.51. The number of nitrogens with zero attached hydrogens (tertiary/aromatic N) is 1. The summed E-state index contributed by atoms with van der Waals surface area (Å²) in [5.41, 5.74) is 0.806. The standard InChI is InChI=1S/C21H19NO5S2/c23-21(24)18(14-15-5-6-16-3-1-2-4-17(16)13-15)19-7-8-20(28-19)29(25,26)22-9-11-27-12-10-22/h1-8,13-14H,9-12H2,(H,23,24)/b18-14-. The van der Waals surface area contributed by atoms with Crippen molar-refractivity contribution in [2.45, 2.75) is 4.21 Å². The summed E-state index contributed by atoms with van der Waals surface area (Å²) in [6.07, 6.45) is 1.58. The quantitative estimate of drug-likeness (QED) is 0.627. The minimum Gasteiger partial charge on any atom is -0.478 e. The highest BCUT2D eigenvalue weighted by Gasteiger charge is 2.28. The second-order valence-corrected chi connectivity index (χ2v) is 9.85. The molecule has 3 aromatic rings. The van der Waals surface area contributed by atoms with Crippen LogP contribution in [0.5, 0.6) is 0 Å². The first-order chi connectivity index (χ1) is 13.9. The van der Waals surface area contributed by atoms with Gasteiger partial charge in [-0.25, -0.2) is 13.2 Å². The molecule has 0 saturated carbocycles. The first-order valence-electron chi connectivity index (χ1n) is 9.07. The Bertz CT molecular complexity index is 1190. The van der Waals surface area contributed by atoms with Gasteiger partial charge < -0.3 is 9.84 Å². The van der Waals surface area contributed by atoms with E-state index < -0.39 is 16.0 Å². The van der Waals surface area contributed by atoms with E-state index in [4.69, 9.17) is 4.74 Å². The molecule has 2 heterocycles. The first kappa shape index (κ1) is 19.8. The van der Waals surface area contributed by atoms with Crippen LogP contribution in [0.25, 0.3) is 22.4 Å². The van der Waals surface area contributed by atoms with Crippen LogP contribution in [0.3, 0.4) is 0 Å². The molecule has 6 nitrogen and oxygen atoms in total. The highest BCUT2D eigenvalue weighted by atomic mass is 32.2. The summed E-state index contributed by atoms with van der Waals surface area (Å²) in [5.74, 6) is -1.10. The number of carboxylic acids is 1. The lowest BCUT2D eigenvalue weighted by molar-refractivity contribution is -0.130. The number of carboxylic acid groups (broad SMARTS) is 1. The molecule has 8 heteroatoms. The highest BCUT2D eigenvalue weighted by Crippen LogP contribution is 2.31. The predicted octanol–water partition coefficient (Wildman–Crippen LogP) is 3.55. The molecule has 150 valence electrons. The van der Waals surface area contributed by atoms with Crippen molar-refractivity contribution in [2.75, 3.05) is 26.3 Å². The fraction of sp³-hybridized carbons (Fsp3) is 0.190. The molecule has 1 N–H and O–H groups in total. The fourth-order valence-electron chi connectivity index (χ4n) is 3.22. The van der Waals surface area contributed by atoms with Crippen LogP contribution in [0.2, 0.25) is 0 Å². The van der Waals surface area contributed by atoms with Crippen molar-refractivity contribution in [1.82, 2.24) is 4.31 Å². The van der Waals surface area contributed by atoms with Crippen molar-refractivity contribution in [3.05, 3.63) is 65.0 Å². The van der Waals surface area contributed by atoms with Crippen LogP contribution < -0.4 is 0 Å². The molecule has 0 aliphatic carbocycles. The Morgan fingerprint density at radius 1 is 1.03 bits per heavy atom. The Morgan fingerprint density at radius 3 is 2.48 bits per heavy atom. The molecule has 0 bridgehead atoms. The van der Waals surface area contributed by atoms with Gasteiger partial charge in [-0.15, -0.1) is 11.3 Å². The van der Waals surface area contributed by atoms with E-state index >= 15 is 0 Å². The van der Waals surface area contributed by atoms with Crippen LogP contribution >= 0.6 is 11.3 Å². The second-order valence-electron chi connectivity index (χ2n) is 6.60. The summed E-state index contributed by atoms with van der Waals surface area (Å²) >= 11 is 0.973. The third-order valence-electron chi connectivity index (χ3n) is 4.73. The number of rotatable bonds is 5. The molecule has 1 aromatic heterocycles. The van der Waals surface area contributed by atoms with Crippen LogP contribution in [-0.2, 0) is 19.6 Å². The molecular formula is C21H19NO5S2. The van der Waals surface area contributed by atoms with Crippen LogP contribution in [0, 0.1) is 0 Å². The van der Waals surface area contributed by atoms with Crippen LogP contribution in [0.4, 0.5) is 0 Å². The van der Waals surface area contributed by atoms with Crippen molar-refractivity contribution in [3.63, 3.8) is 0 Å². The zero-order valence-electron chi connectivity index (χ0n) is 15.4. The van der Waals surface area contributed by atoms with Crippen LogP contribution in [-0.4, -0.2) is 50.1 Å². The minimum atomic E-state index is -3.65.